The summed E-state index contributed by atoms with van der Waals surface area (Å²) in [5.74, 6) is 0.520. The first-order valence-corrected chi connectivity index (χ1v) is 9.48. The average molecular weight is 394 g/mol. The molecule has 1 amide bonds. The van der Waals surface area contributed by atoms with E-state index in [2.05, 4.69) is 26.9 Å². The number of nitrogens with one attached hydrogen (secondary N) is 1. The Bertz CT molecular complexity index is 996. The van der Waals surface area contributed by atoms with E-state index in [4.69, 9.17) is 10.00 Å². The van der Waals surface area contributed by atoms with E-state index in [-0.39, 0.29) is 5.91 Å². The Morgan fingerprint density at radius 2 is 2.04 bits per heavy atom. The second kappa shape index (κ2) is 9.01. The van der Waals surface area contributed by atoms with Crippen molar-refractivity contribution < 1.29 is 9.53 Å². The Kier molecular flexibility index (Phi) is 6.24. The van der Waals surface area contributed by atoms with Crippen LogP contribution in [0.15, 0.2) is 53.7 Å². The van der Waals surface area contributed by atoms with E-state index in [1.807, 2.05) is 31.2 Å². The topological polar surface area (TPSA) is 106 Å². The second-order valence-corrected chi connectivity index (χ2v) is 7.01. The van der Waals surface area contributed by atoms with Crippen molar-refractivity contribution in [3.63, 3.8) is 0 Å². The number of ether oxygens (including phenoxy) is 1. The fourth-order valence-electron chi connectivity index (χ4n) is 2.40. The Labute approximate surface area is 166 Å². The Hall–Kier alpha value is -3.38. The third-order valence-corrected chi connectivity index (χ3v) is 4.82. The van der Waals surface area contributed by atoms with Crippen LogP contribution in [0.4, 0.5) is 5.69 Å². The van der Waals surface area contributed by atoms with Gasteiger partial charge in [-0.05, 0) is 60.7 Å². The van der Waals surface area contributed by atoms with Gasteiger partial charge in [0.2, 0.25) is 11.1 Å². The molecule has 3 aromatic rings. The summed E-state index contributed by atoms with van der Waals surface area (Å²) in [5.41, 5.74) is 1.65. The summed E-state index contributed by atoms with van der Waals surface area (Å²) in [5, 5.41) is 23.7. The van der Waals surface area contributed by atoms with Crippen molar-refractivity contribution in [2.75, 3.05) is 11.9 Å². The number of nitriles is 1. The van der Waals surface area contributed by atoms with E-state index in [0.717, 1.165) is 11.4 Å². The molecule has 0 bridgehead atoms. The van der Waals surface area contributed by atoms with Gasteiger partial charge in [0.25, 0.3) is 0 Å². The normalized spacial score (nSPS) is 11.5. The van der Waals surface area contributed by atoms with Crippen molar-refractivity contribution in [2.24, 2.45) is 0 Å². The van der Waals surface area contributed by atoms with Gasteiger partial charge in [0.05, 0.1) is 28.8 Å². The fourth-order valence-corrected chi connectivity index (χ4v) is 3.21. The molecule has 0 spiro atoms. The molecule has 1 atom stereocenters. The molecule has 0 aliphatic rings. The number of amides is 1. The Morgan fingerprint density at radius 1 is 1.29 bits per heavy atom. The zero-order chi connectivity index (χ0) is 19.9. The Balaban J connectivity index is 1.71. The van der Waals surface area contributed by atoms with Gasteiger partial charge in [-0.3, -0.25) is 4.79 Å². The van der Waals surface area contributed by atoms with Crippen LogP contribution in [0.5, 0.6) is 5.75 Å². The van der Waals surface area contributed by atoms with E-state index in [9.17, 15) is 4.79 Å². The molecule has 1 heterocycles. The lowest BCUT2D eigenvalue weighted by atomic mass is 10.2. The highest BCUT2D eigenvalue weighted by Gasteiger charge is 2.20. The van der Waals surface area contributed by atoms with Gasteiger partial charge in [-0.15, -0.1) is 5.10 Å². The minimum Gasteiger partial charge on any atom is -0.494 e. The Morgan fingerprint density at radius 3 is 2.75 bits per heavy atom. The molecular weight excluding hydrogens is 376 g/mol. The molecule has 0 unspecified atom stereocenters. The van der Waals surface area contributed by atoms with Crippen LogP contribution < -0.4 is 10.1 Å². The number of nitrogens with zero attached hydrogens (tertiary/aromatic N) is 5. The highest BCUT2D eigenvalue weighted by molar-refractivity contribution is 8.00. The van der Waals surface area contributed by atoms with Gasteiger partial charge in [-0.1, -0.05) is 23.9 Å². The van der Waals surface area contributed by atoms with Crippen molar-refractivity contribution in [1.82, 2.24) is 20.2 Å². The average Bonchev–Trinajstić information content (AvgIpc) is 3.17. The molecule has 2 aromatic carbocycles. The SMILES string of the molecule is CCOc1ccc(-n2nnnc2S[C@H](C)C(=O)Nc2ccccc2C#N)cc1. The molecule has 9 heteroatoms. The van der Waals surface area contributed by atoms with Crippen LogP contribution in [0.2, 0.25) is 0 Å². The van der Waals surface area contributed by atoms with Crippen molar-refractivity contribution in [1.29, 1.82) is 5.26 Å². The van der Waals surface area contributed by atoms with E-state index < -0.39 is 5.25 Å². The molecule has 142 valence electrons. The number of anilines is 1. The lowest BCUT2D eigenvalue weighted by molar-refractivity contribution is -0.115. The lowest BCUT2D eigenvalue weighted by Gasteiger charge is -2.12. The quantitative estimate of drug-likeness (QED) is 0.614. The number of carbonyl (C=O) groups is 1. The highest BCUT2D eigenvalue weighted by atomic mass is 32.2. The van der Waals surface area contributed by atoms with Gasteiger partial charge in [0, 0.05) is 0 Å². The largest absolute Gasteiger partial charge is 0.494 e. The molecule has 0 aliphatic heterocycles. The van der Waals surface area contributed by atoms with Crippen molar-refractivity contribution in [3.8, 4) is 17.5 Å². The monoisotopic (exact) mass is 394 g/mol. The maximum absolute atomic E-state index is 12.5. The smallest absolute Gasteiger partial charge is 0.237 e. The summed E-state index contributed by atoms with van der Waals surface area (Å²) >= 11 is 1.23. The molecule has 0 aliphatic carbocycles. The maximum Gasteiger partial charge on any atom is 0.237 e. The third-order valence-electron chi connectivity index (χ3n) is 3.79. The number of thioether (sulfide) groups is 1. The van der Waals surface area contributed by atoms with Crippen LogP contribution >= 0.6 is 11.8 Å². The molecular formula is C19H18N6O2S. The summed E-state index contributed by atoms with van der Waals surface area (Å²) in [6, 6.07) is 16.3. The van der Waals surface area contributed by atoms with Crippen LogP contribution in [0, 0.1) is 11.3 Å². The van der Waals surface area contributed by atoms with Gasteiger partial charge in [0.15, 0.2) is 0 Å². The zero-order valence-electron chi connectivity index (χ0n) is 15.4. The van der Waals surface area contributed by atoms with E-state index in [0.29, 0.717) is 23.0 Å². The van der Waals surface area contributed by atoms with Gasteiger partial charge in [-0.25, -0.2) is 0 Å². The molecule has 1 aromatic heterocycles. The summed E-state index contributed by atoms with van der Waals surface area (Å²) in [6.07, 6.45) is 0. The van der Waals surface area contributed by atoms with E-state index in [1.54, 1.807) is 35.9 Å². The number of rotatable bonds is 7. The number of carbonyl (C=O) groups excluding carboxylic acids is 1. The molecule has 0 radical (unpaired) electrons. The summed E-state index contributed by atoms with van der Waals surface area (Å²) in [7, 11) is 0. The zero-order valence-corrected chi connectivity index (χ0v) is 16.2. The third kappa shape index (κ3) is 4.47. The van der Waals surface area contributed by atoms with Crippen molar-refractivity contribution in [2.45, 2.75) is 24.3 Å². The first kappa shape index (κ1) is 19.4. The van der Waals surface area contributed by atoms with Crippen molar-refractivity contribution >= 4 is 23.4 Å². The number of para-hydroxylation sites is 1. The first-order chi connectivity index (χ1) is 13.6. The molecule has 3 rings (SSSR count). The van der Waals surface area contributed by atoms with Crippen LogP contribution in [0.3, 0.4) is 0 Å². The fraction of sp³-hybridized carbons (Fsp3) is 0.211. The molecule has 0 fully saturated rings. The lowest BCUT2D eigenvalue weighted by Crippen LogP contribution is -2.23. The van der Waals surface area contributed by atoms with Crippen LogP contribution in [0.25, 0.3) is 5.69 Å². The predicted molar refractivity (Wildman–Crippen MR) is 105 cm³/mol. The summed E-state index contributed by atoms with van der Waals surface area (Å²) in [6.45, 7) is 4.27. The minimum atomic E-state index is -0.473. The first-order valence-electron chi connectivity index (χ1n) is 8.60. The van der Waals surface area contributed by atoms with Crippen LogP contribution in [-0.2, 0) is 4.79 Å². The number of tetrazole rings is 1. The van der Waals surface area contributed by atoms with Crippen LogP contribution in [-0.4, -0.2) is 38.0 Å². The molecule has 1 N–H and O–H groups in total. The van der Waals surface area contributed by atoms with Gasteiger partial charge < -0.3 is 10.1 Å². The minimum absolute atomic E-state index is 0.242. The number of hydrogen-bond acceptors (Lipinski definition) is 7. The van der Waals surface area contributed by atoms with Gasteiger partial charge >= 0.3 is 0 Å². The number of aromatic nitrogens is 4. The summed E-state index contributed by atoms with van der Waals surface area (Å²) in [4.78, 5) is 12.5. The van der Waals surface area contributed by atoms with Gasteiger partial charge in [0.1, 0.15) is 11.8 Å². The van der Waals surface area contributed by atoms with Crippen LogP contribution in [0.1, 0.15) is 19.4 Å². The number of benzene rings is 2. The second-order valence-electron chi connectivity index (χ2n) is 5.71. The molecule has 8 nitrogen and oxygen atoms in total. The van der Waals surface area contributed by atoms with E-state index in [1.165, 1.54) is 11.8 Å². The van der Waals surface area contributed by atoms with E-state index >= 15 is 0 Å². The highest BCUT2D eigenvalue weighted by Crippen LogP contribution is 2.25. The van der Waals surface area contributed by atoms with Crippen molar-refractivity contribution in [3.05, 3.63) is 54.1 Å². The predicted octanol–water partition coefficient (Wildman–Crippen LogP) is 3.05. The standard InChI is InChI=1S/C19H18N6O2S/c1-3-27-16-10-8-15(9-11-16)25-19(22-23-24-25)28-13(2)18(26)21-17-7-5-4-6-14(17)12-20/h4-11,13H,3H2,1-2H3,(H,21,26)/t13-/m1/s1. The maximum atomic E-state index is 12.5. The summed E-state index contributed by atoms with van der Waals surface area (Å²) < 4.78 is 7.00. The molecule has 0 saturated heterocycles. The molecule has 0 saturated carbocycles. The molecule has 28 heavy (non-hydrogen) atoms. The number of hydrogen-bond donors (Lipinski definition) is 1. The van der Waals surface area contributed by atoms with Gasteiger partial charge in [-0.2, -0.15) is 9.94 Å².